The van der Waals surface area contributed by atoms with Gasteiger partial charge in [-0.2, -0.15) is 0 Å². The van der Waals surface area contributed by atoms with E-state index in [9.17, 15) is 14.4 Å². The predicted molar refractivity (Wildman–Crippen MR) is 109 cm³/mol. The molecule has 1 N–H and O–H groups in total. The van der Waals surface area contributed by atoms with E-state index < -0.39 is 17.6 Å². The fraction of sp³-hybridized carbons (Fsp3) is 0.571. The highest BCUT2D eigenvalue weighted by molar-refractivity contribution is 5.83. The molecule has 0 spiro atoms. The van der Waals surface area contributed by atoms with E-state index in [2.05, 4.69) is 5.32 Å². The van der Waals surface area contributed by atoms with E-state index in [-0.39, 0.29) is 24.8 Å². The quantitative estimate of drug-likeness (QED) is 0.651. The fourth-order valence-electron chi connectivity index (χ4n) is 2.63. The lowest BCUT2D eigenvalue weighted by molar-refractivity contribution is -0.159. The lowest BCUT2D eigenvalue weighted by Crippen LogP contribution is -2.43. The Kier molecular flexibility index (Phi) is 9.12. The van der Waals surface area contributed by atoms with Gasteiger partial charge in [-0.15, -0.1) is 0 Å². The minimum absolute atomic E-state index is 0.0693. The summed E-state index contributed by atoms with van der Waals surface area (Å²) in [6.07, 6.45) is 0.0693. The van der Waals surface area contributed by atoms with Crippen molar-refractivity contribution < 1.29 is 19.1 Å². The Hall–Kier alpha value is -2.41. The van der Waals surface area contributed by atoms with Gasteiger partial charge in [0.15, 0.2) is 0 Å². The average Bonchev–Trinajstić information content (AvgIpc) is 2.56. The van der Waals surface area contributed by atoms with Crippen LogP contribution in [-0.4, -0.2) is 66.9 Å². The molecule has 1 atom stereocenters. The second-order valence-corrected chi connectivity index (χ2v) is 8.07. The zero-order valence-corrected chi connectivity index (χ0v) is 17.8. The minimum atomic E-state index is -0.615. The van der Waals surface area contributed by atoms with Crippen LogP contribution < -0.4 is 5.32 Å². The van der Waals surface area contributed by atoms with Gasteiger partial charge in [-0.1, -0.05) is 30.3 Å². The van der Waals surface area contributed by atoms with Crippen LogP contribution in [0.3, 0.4) is 0 Å². The van der Waals surface area contributed by atoms with E-state index in [4.69, 9.17) is 4.74 Å². The summed E-state index contributed by atoms with van der Waals surface area (Å²) in [5.41, 5.74) is 0.228. The Morgan fingerprint density at radius 3 is 2.18 bits per heavy atom. The number of ether oxygens (including phenoxy) is 1. The molecular formula is C21H33N3O4. The van der Waals surface area contributed by atoms with Gasteiger partial charge >= 0.3 is 5.97 Å². The Labute approximate surface area is 168 Å². The first kappa shape index (κ1) is 23.6. The summed E-state index contributed by atoms with van der Waals surface area (Å²) in [6.45, 7) is 7.69. The van der Waals surface area contributed by atoms with E-state index in [0.29, 0.717) is 13.1 Å². The highest BCUT2D eigenvalue weighted by Crippen LogP contribution is 2.18. The molecule has 0 saturated carbocycles. The molecule has 0 aliphatic carbocycles. The first-order chi connectivity index (χ1) is 13.0. The SMILES string of the molecule is CC(=O)NC(CC(=O)N(CCN(C)C)CC(=O)OC(C)(C)C)c1ccccc1. The molecule has 0 aromatic heterocycles. The van der Waals surface area contributed by atoms with Crippen LogP contribution in [0, 0.1) is 0 Å². The molecule has 0 fully saturated rings. The fourth-order valence-corrected chi connectivity index (χ4v) is 2.63. The Morgan fingerprint density at radius 2 is 1.68 bits per heavy atom. The third-order valence-corrected chi connectivity index (χ3v) is 3.87. The molecule has 156 valence electrons. The first-order valence-corrected chi connectivity index (χ1v) is 9.44. The number of esters is 1. The molecule has 1 unspecified atom stereocenters. The number of hydrogen-bond acceptors (Lipinski definition) is 5. The van der Waals surface area contributed by atoms with E-state index in [1.165, 1.54) is 11.8 Å². The molecule has 1 aromatic carbocycles. The van der Waals surface area contributed by atoms with Gasteiger partial charge < -0.3 is 19.9 Å². The van der Waals surface area contributed by atoms with Gasteiger partial charge in [-0.3, -0.25) is 14.4 Å². The molecule has 28 heavy (non-hydrogen) atoms. The first-order valence-electron chi connectivity index (χ1n) is 9.44. The Balaban J connectivity index is 2.92. The number of hydrogen-bond donors (Lipinski definition) is 1. The van der Waals surface area contributed by atoms with Crippen LogP contribution in [0.1, 0.15) is 45.7 Å². The molecule has 0 aliphatic rings. The normalized spacial score (nSPS) is 12.4. The molecular weight excluding hydrogens is 358 g/mol. The van der Waals surface area contributed by atoms with Crippen molar-refractivity contribution in [1.29, 1.82) is 0 Å². The summed E-state index contributed by atoms with van der Waals surface area (Å²) in [5.74, 6) is -0.876. The largest absolute Gasteiger partial charge is 0.459 e. The third kappa shape index (κ3) is 9.50. The molecule has 1 aromatic rings. The van der Waals surface area contributed by atoms with E-state index >= 15 is 0 Å². The lowest BCUT2D eigenvalue weighted by atomic mass is 10.0. The summed E-state index contributed by atoms with van der Waals surface area (Å²) in [4.78, 5) is 40.3. The van der Waals surface area contributed by atoms with Crippen molar-refractivity contribution in [2.24, 2.45) is 0 Å². The van der Waals surface area contributed by atoms with Crippen LogP contribution in [0.25, 0.3) is 0 Å². The highest BCUT2D eigenvalue weighted by atomic mass is 16.6. The van der Waals surface area contributed by atoms with Crippen LogP contribution in [0.4, 0.5) is 0 Å². The number of nitrogens with zero attached hydrogens (tertiary/aromatic N) is 2. The zero-order chi connectivity index (χ0) is 21.3. The Bertz CT molecular complexity index is 653. The van der Waals surface area contributed by atoms with Gasteiger partial charge in [0.2, 0.25) is 11.8 Å². The lowest BCUT2D eigenvalue weighted by Gasteiger charge is -2.28. The van der Waals surface area contributed by atoms with Gasteiger partial charge in [0.25, 0.3) is 0 Å². The van der Waals surface area contributed by atoms with Crippen molar-refractivity contribution in [3.05, 3.63) is 35.9 Å². The summed E-state index contributed by atoms with van der Waals surface area (Å²) in [5, 5.41) is 2.83. The highest BCUT2D eigenvalue weighted by Gasteiger charge is 2.25. The van der Waals surface area contributed by atoms with Crippen molar-refractivity contribution in [3.63, 3.8) is 0 Å². The molecule has 0 aliphatic heterocycles. The van der Waals surface area contributed by atoms with Crippen molar-refractivity contribution in [2.75, 3.05) is 33.7 Å². The van der Waals surface area contributed by atoms with Crippen LogP contribution >= 0.6 is 0 Å². The van der Waals surface area contributed by atoms with Gasteiger partial charge in [0.05, 0.1) is 12.5 Å². The molecule has 0 bridgehead atoms. The Morgan fingerprint density at radius 1 is 1.07 bits per heavy atom. The standard InChI is InChI=1S/C21H33N3O4/c1-16(25)22-18(17-10-8-7-9-11-17)14-19(26)24(13-12-23(5)6)15-20(27)28-21(2,3)4/h7-11,18H,12-15H2,1-6H3,(H,22,25). The van der Waals surface area contributed by atoms with Gasteiger partial charge in [-0.05, 0) is 40.4 Å². The third-order valence-electron chi connectivity index (χ3n) is 3.87. The average molecular weight is 392 g/mol. The second-order valence-electron chi connectivity index (χ2n) is 8.07. The number of carbonyl (C=O) groups excluding carboxylic acids is 3. The zero-order valence-electron chi connectivity index (χ0n) is 17.8. The number of carbonyl (C=O) groups is 3. The van der Waals surface area contributed by atoms with Crippen LogP contribution in [0.5, 0.6) is 0 Å². The van der Waals surface area contributed by atoms with Crippen molar-refractivity contribution >= 4 is 17.8 Å². The van der Waals surface area contributed by atoms with Crippen LogP contribution in [-0.2, 0) is 19.1 Å². The molecule has 0 radical (unpaired) electrons. The molecule has 1 rings (SSSR count). The number of likely N-dealkylation sites (N-methyl/N-ethyl adjacent to an activating group) is 1. The summed E-state index contributed by atoms with van der Waals surface area (Å²) in [6, 6.07) is 8.88. The molecule has 7 nitrogen and oxygen atoms in total. The summed E-state index contributed by atoms with van der Waals surface area (Å²) in [7, 11) is 3.81. The van der Waals surface area contributed by atoms with Crippen molar-refractivity contribution in [2.45, 2.75) is 45.8 Å². The molecule has 0 saturated heterocycles. The maximum absolute atomic E-state index is 13.0. The predicted octanol–water partition coefficient (Wildman–Crippen LogP) is 1.99. The number of nitrogens with one attached hydrogen (secondary N) is 1. The maximum atomic E-state index is 13.0. The van der Waals surface area contributed by atoms with Crippen LogP contribution in [0.15, 0.2) is 30.3 Å². The second kappa shape index (κ2) is 10.8. The van der Waals surface area contributed by atoms with Gasteiger partial charge in [-0.25, -0.2) is 0 Å². The van der Waals surface area contributed by atoms with E-state index in [1.54, 1.807) is 20.8 Å². The summed E-state index contributed by atoms with van der Waals surface area (Å²) < 4.78 is 5.36. The van der Waals surface area contributed by atoms with Gasteiger partial charge in [0, 0.05) is 20.0 Å². The maximum Gasteiger partial charge on any atom is 0.326 e. The van der Waals surface area contributed by atoms with Crippen molar-refractivity contribution in [3.8, 4) is 0 Å². The molecule has 7 heteroatoms. The number of benzene rings is 1. The molecule has 2 amide bonds. The summed E-state index contributed by atoms with van der Waals surface area (Å²) >= 11 is 0. The monoisotopic (exact) mass is 391 g/mol. The van der Waals surface area contributed by atoms with Crippen molar-refractivity contribution in [1.82, 2.24) is 15.1 Å². The van der Waals surface area contributed by atoms with Crippen LogP contribution in [0.2, 0.25) is 0 Å². The van der Waals surface area contributed by atoms with Gasteiger partial charge in [0.1, 0.15) is 12.1 Å². The number of amides is 2. The number of rotatable bonds is 9. The van der Waals surface area contributed by atoms with E-state index in [1.807, 2.05) is 49.3 Å². The molecule has 0 heterocycles. The smallest absolute Gasteiger partial charge is 0.326 e. The topological polar surface area (TPSA) is 79.0 Å². The van der Waals surface area contributed by atoms with E-state index in [0.717, 1.165) is 5.56 Å². The minimum Gasteiger partial charge on any atom is -0.459 e.